The second kappa shape index (κ2) is 10.1. The van der Waals surface area contributed by atoms with E-state index in [-0.39, 0.29) is 12.5 Å². The molecule has 154 valence electrons. The Labute approximate surface area is 172 Å². The number of rotatable bonds is 7. The Morgan fingerprint density at radius 1 is 1.10 bits per heavy atom. The van der Waals surface area contributed by atoms with E-state index < -0.39 is 5.91 Å². The van der Waals surface area contributed by atoms with Gasteiger partial charge in [-0.1, -0.05) is 49.4 Å². The predicted octanol–water partition coefficient (Wildman–Crippen LogP) is 3.27. The summed E-state index contributed by atoms with van der Waals surface area (Å²) in [6.45, 7) is 6.07. The molecule has 1 heterocycles. The average molecular weight is 395 g/mol. The lowest BCUT2D eigenvalue weighted by Gasteiger charge is -2.30. The molecule has 1 aliphatic rings. The van der Waals surface area contributed by atoms with Crippen LogP contribution in [0.4, 0.5) is 10.5 Å². The number of carbonyl (C=O) groups excluding carboxylic acids is 2. The maximum absolute atomic E-state index is 12.2. The zero-order valence-corrected chi connectivity index (χ0v) is 17.0. The van der Waals surface area contributed by atoms with Crippen LogP contribution in [-0.4, -0.2) is 29.9 Å². The molecular weight excluding hydrogens is 364 g/mol. The first-order chi connectivity index (χ1) is 14.0. The molecule has 4 N–H and O–H groups in total. The number of benzene rings is 2. The van der Waals surface area contributed by atoms with Crippen LogP contribution in [0.5, 0.6) is 0 Å². The lowest BCUT2D eigenvalue weighted by atomic mass is 9.99. The SMILES string of the molecule is CC1CCCN(Cc2ccc(CNC(=O)Nc3ccccc3CC(N)=O)cc2)C1. The van der Waals surface area contributed by atoms with Crippen molar-refractivity contribution in [3.8, 4) is 0 Å². The molecule has 2 aromatic carbocycles. The first-order valence-electron chi connectivity index (χ1n) is 10.2. The highest BCUT2D eigenvalue weighted by Crippen LogP contribution is 2.18. The van der Waals surface area contributed by atoms with Crippen molar-refractivity contribution in [2.24, 2.45) is 11.7 Å². The van der Waals surface area contributed by atoms with Gasteiger partial charge in [-0.3, -0.25) is 9.69 Å². The second-order valence-corrected chi connectivity index (χ2v) is 7.91. The van der Waals surface area contributed by atoms with E-state index in [4.69, 9.17) is 5.73 Å². The third-order valence-corrected chi connectivity index (χ3v) is 5.25. The van der Waals surface area contributed by atoms with Crippen LogP contribution in [0, 0.1) is 5.92 Å². The lowest BCUT2D eigenvalue weighted by Crippen LogP contribution is -2.33. The van der Waals surface area contributed by atoms with Crippen LogP contribution in [0.25, 0.3) is 0 Å². The minimum atomic E-state index is -0.432. The summed E-state index contributed by atoms with van der Waals surface area (Å²) in [5.74, 6) is 0.345. The van der Waals surface area contributed by atoms with Crippen molar-refractivity contribution in [2.75, 3.05) is 18.4 Å². The molecule has 1 unspecified atom stereocenters. The molecule has 0 bridgehead atoms. The number of anilines is 1. The summed E-state index contributed by atoms with van der Waals surface area (Å²) in [6, 6.07) is 15.2. The number of hydrogen-bond acceptors (Lipinski definition) is 3. The average Bonchev–Trinajstić information content (AvgIpc) is 2.69. The Morgan fingerprint density at radius 3 is 2.55 bits per heavy atom. The van der Waals surface area contributed by atoms with Crippen molar-refractivity contribution in [1.82, 2.24) is 10.2 Å². The minimum absolute atomic E-state index is 0.0910. The first-order valence-corrected chi connectivity index (χ1v) is 10.2. The topological polar surface area (TPSA) is 87.5 Å². The monoisotopic (exact) mass is 394 g/mol. The molecule has 0 aliphatic carbocycles. The van der Waals surface area contributed by atoms with Crippen LogP contribution in [0.2, 0.25) is 0 Å². The van der Waals surface area contributed by atoms with E-state index in [9.17, 15) is 9.59 Å². The number of nitrogens with one attached hydrogen (secondary N) is 2. The highest BCUT2D eigenvalue weighted by atomic mass is 16.2. The van der Waals surface area contributed by atoms with Gasteiger partial charge >= 0.3 is 6.03 Å². The van der Waals surface area contributed by atoms with E-state index in [1.165, 1.54) is 31.5 Å². The number of urea groups is 1. The molecule has 6 heteroatoms. The summed E-state index contributed by atoms with van der Waals surface area (Å²) < 4.78 is 0. The fourth-order valence-corrected chi connectivity index (χ4v) is 3.78. The van der Waals surface area contributed by atoms with Crippen molar-refractivity contribution >= 4 is 17.6 Å². The van der Waals surface area contributed by atoms with Crippen molar-refractivity contribution < 1.29 is 9.59 Å². The van der Waals surface area contributed by atoms with E-state index in [1.54, 1.807) is 12.1 Å². The number of nitrogens with two attached hydrogens (primary N) is 1. The van der Waals surface area contributed by atoms with Gasteiger partial charge in [0.05, 0.1) is 6.42 Å². The number of primary amides is 1. The number of nitrogens with zero attached hydrogens (tertiary/aromatic N) is 1. The summed E-state index contributed by atoms with van der Waals surface area (Å²) in [4.78, 5) is 25.9. The molecule has 0 radical (unpaired) electrons. The Balaban J connectivity index is 1.49. The number of hydrogen-bond donors (Lipinski definition) is 3. The van der Waals surface area contributed by atoms with E-state index in [0.717, 1.165) is 18.0 Å². The van der Waals surface area contributed by atoms with Gasteiger partial charge < -0.3 is 16.4 Å². The molecule has 3 amide bonds. The maximum atomic E-state index is 12.2. The van der Waals surface area contributed by atoms with E-state index in [0.29, 0.717) is 17.8 Å². The fraction of sp³-hybridized carbons (Fsp3) is 0.391. The summed E-state index contributed by atoms with van der Waals surface area (Å²) >= 11 is 0. The summed E-state index contributed by atoms with van der Waals surface area (Å²) in [7, 11) is 0. The van der Waals surface area contributed by atoms with Crippen LogP contribution >= 0.6 is 0 Å². The fourth-order valence-electron chi connectivity index (χ4n) is 3.78. The number of piperidine rings is 1. The molecule has 3 rings (SSSR count). The quantitative estimate of drug-likeness (QED) is 0.673. The molecule has 1 saturated heterocycles. The zero-order valence-electron chi connectivity index (χ0n) is 17.0. The van der Waals surface area contributed by atoms with Crippen LogP contribution in [0.15, 0.2) is 48.5 Å². The van der Waals surface area contributed by atoms with Crippen molar-refractivity contribution in [3.63, 3.8) is 0 Å². The number of amides is 3. The van der Waals surface area contributed by atoms with E-state index in [1.807, 2.05) is 12.1 Å². The summed E-state index contributed by atoms with van der Waals surface area (Å²) in [6.07, 6.45) is 2.70. The van der Waals surface area contributed by atoms with E-state index >= 15 is 0 Å². The van der Waals surface area contributed by atoms with Crippen LogP contribution in [0.3, 0.4) is 0 Å². The van der Waals surface area contributed by atoms with Crippen molar-refractivity contribution in [2.45, 2.75) is 39.3 Å². The smallest absolute Gasteiger partial charge is 0.319 e. The number of para-hydroxylation sites is 1. The van der Waals surface area contributed by atoms with Gasteiger partial charge in [-0.15, -0.1) is 0 Å². The molecule has 2 aromatic rings. The molecule has 1 atom stereocenters. The Morgan fingerprint density at radius 2 is 1.83 bits per heavy atom. The second-order valence-electron chi connectivity index (χ2n) is 7.91. The lowest BCUT2D eigenvalue weighted by molar-refractivity contribution is -0.117. The highest BCUT2D eigenvalue weighted by molar-refractivity contribution is 5.91. The van der Waals surface area contributed by atoms with Gasteiger partial charge in [0.2, 0.25) is 5.91 Å². The Hall–Kier alpha value is -2.86. The van der Waals surface area contributed by atoms with Gasteiger partial charge in [0, 0.05) is 25.3 Å². The van der Waals surface area contributed by atoms with Crippen LogP contribution in [-0.2, 0) is 24.3 Å². The summed E-state index contributed by atoms with van der Waals surface area (Å²) in [5, 5.41) is 5.65. The third kappa shape index (κ3) is 6.61. The molecular formula is C23H30N4O2. The van der Waals surface area contributed by atoms with Crippen molar-refractivity contribution in [3.05, 3.63) is 65.2 Å². The zero-order chi connectivity index (χ0) is 20.6. The van der Waals surface area contributed by atoms with E-state index in [2.05, 4.69) is 46.7 Å². The molecule has 0 spiro atoms. The van der Waals surface area contributed by atoms with Crippen LogP contribution < -0.4 is 16.4 Å². The largest absolute Gasteiger partial charge is 0.369 e. The first kappa shape index (κ1) is 20.9. The van der Waals surface area contributed by atoms with Gasteiger partial charge in [-0.05, 0) is 48.1 Å². The van der Waals surface area contributed by atoms with Gasteiger partial charge in [-0.25, -0.2) is 4.79 Å². The molecule has 29 heavy (non-hydrogen) atoms. The number of likely N-dealkylation sites (tertiary alicyclic amines) is 1. The van der Waals surface area contributed by atoms with Gasteiger partial charge in [0.1, 0.15) is 0 Å². The van der Waals surface area contributed by atoms with Gasteiger partial charge in [0.25, 0.3) is 0 Å². The van der Waals surface area contributed by atoms with Crippen molar-refractivity contribution in [1.29, 1.82) is 0 Å². The normalized spacial score (nSPS) is 16.9. The van der Waals surface area contributed by atoms with Gasteiger partial charge in [-0.2, -0.15) is 0 Å². The predicted molar refractivity (Wildman–Crippen MR) is 115 cm³/mol. The third-order valence-electron chi connectivity index (χ3n) is 5.25. The van der Waals surface area contributed by atoms with Crippen LogP contribution in [0.1, 0.15) is 36.5 Å². The number of carbonyl (C=O) groups is 2. The minimum Gasteiger partial charge on any atom is -0.369 e. The molecule has 6 nitrogen and oxygen atoms in total. The Bertz CT molecular complexity index is 835. The highest BCUT2D eigenvalue weighted by Gasteiger charge is 2.16. The molecule has 1 aliphatic heterocycles. The Kier molecular flexibility index (Phi) is 7.25. The summed E-state index contributed by atoms with van der Waals surface area (Å²) in [5.41, 5.74) is 8.90. The molecule has 0 aromatic heterocycles. The maximum Gasteiger partial charge on any atom is 0.319 e. The standard InChI is InChI=1S/C23H30N4O2/c1-17-5-4-12-27(15-17)16-19-10-8-18(9-11-19)14-25-23(29)26-21-7-3-2-6-20(21)13-22(24)28/h2-3,6-11,17H,4-5,12-16H2,1H3,(H2,24,28)(H2,25,26,29). The molecule has 1 fully saturated rings. The molecule has 0 saturated carbocycles. The van der Waals surface area contributed by atoms with Gasteiger partial charge in [0.15, 0.2) is 0 Å².